The van der Waals surface area contributed by atoms with Gasteiger partial charge in [0.1, 0.15) is 5.60 Å². The number of aliphatic hydroxyl groups excluding tert-OH is 1. The number of hydrogen-bond acceptors (Lipinski definition) is 5. The number of amides is 1. The Morgan fingerprint density at radius 3 is 2.23 bits per heavy atom. The molecule has 176 valence electrons. The molecule has 7 heteroatoms. The fraction of sp³-hybridized carbons (Fsp3) is 0.667. The number of rotatable bonds is 10. The first-order valence-electron chi connectivity index (χ1n) is 10.7. The van der Waals surface area contributed by atoms with E-state index in [1.807, 2.05) is 45.0 Å². The van der Waals surface area contributed by atoms with E-state index in [0.717, 1.165) is 29.3 Å². The molecule has 0 aliphatic rings. The van der Waals surface area contributed by atoms with Crippen molar-refractivity contribution in [2.75, 3.05) is 13.7 Å². The molecule has 0 heterocycles. The van der Waals surface area contributed by atoms with E-state index >= 15 is 0 Å². The summed E-state index contributed by atoms with van der Waals surface area (Å²) < 4.78 is 11.3. The second-order valence-electron chi connectivity index (χ2n) is 9.91. The third kappa shape index (κ3) is 8.45. The summed E-state index contributed by atoms with van der Waals surface area (Å²) in [5.74, 6) is -0.260. The first-order chi connectivity index (χ1) is 14.2. The topological polar surface area (TPSA) is 84.9 Å². The fourth-order valence-electron chi connectivity index (χ4n) is 3.59. The molecule has 0 aliphatic carbocycles. The maximum atomic E-state index is 12.6. The molecule has 0 saturated carbocycles. The Hall–Kier alpha value is -1.60. The van der Waals surface area contributed by atoms with Gasteiger partial charge in [-0.2, -0.15) is 0 Å². The molecule has 31 heavy (non-hydrogen) atoms. The summed E-state index contributed by atoms with van der Waals surface area (Å²) in [6.07, 6.45) is 2.50. The van der Waals surface area contributed by atoms with Crippen molar-refractivity contribution in [3.05, 3.63) is 34.3 Å². The number of aliphatic hydroxyl groups is 1. The lowest BCUT2D eigenvalue weighted by atomic mass is 9.76. The third-order valence-electron chi connectivity index (χ3n) is 5.66. The third-order valence-corrected chi connectivity index (χ3v) is 6.16. The van der Waals surface area contributed by atoms with Gasteiger partial charge >= 0.3 is 12.1 Å². The van der Waals surface area contributed by atoms with Gasteiger partial charge in [-0.1, -0.05) is 54.8 Å². The van der Waals surface area contributed by atoms with Gasteiger partial charge in [0.05, 0.1) is 25.2 Å². The minimum atomic E-state index is -0.742. The van der Waals surface area contributed by atoms with Crippen LogP contribution in [0.2, 0.25) is 0 Å². The van der Waals surface area contributed by atoms with Gasteiger partial charge < -0.3 is 19.9 Å². The molecule has 1 aromatic rings. The molecule has 0 spiro atoms. The second-order valence-corrected chi connectivity index (χ2v) is 10.8. The van der Waals surface area contributed by atoms with Gasteiger partial charge in [-0.25, -0.2) is 4.79 Å². The van der Waals surface area contributed by atoms with Crippen LogP contribution in [0.4, 0.5) is 4.79 Å². The SMILES string of the molecule is COC(=O)C(C)(CCCCC(C)(C)C(CO)NC(=O)OC(C)(C)C)c1cccc(Br)c1. The first kappa shape index (κ1) is 27.4. The van der Waals surface area contributed by atoms with E-state index < -0.39 is 23.2 Å². The van der Waals surface area contributed by atoms with Crippen LogP contribution in [0.3, 0.4) is 0 Å². The number of ether oxygens (including phenoxy) is 2. The minimum absolute atomic E-state index is 0.176. The van der Waals surface area contributed by atoms with Crippen LogP contribution in [0.5, 0.6) is 0 Å². The van der Waals surface area contributed by atoms with Crippen molar-refractivity contribution >= 4 is 28.0 Å². The Kier molecular flexibility index (Phi) is 10.0. The van der Waals surface area contributed by atoms with E-state index in [0.29, 0.717) is 6.42 Å². The van der Waals surface area contributed by atoms with Crippen LogP contribution in [0.15, 0.2) is 28.7 Å². The first-order valence-corrected chi connectivity index (χ1v) is 11.5. The Bertz CT molecular complexity index is 744. The molecule has 0 bridgehead atoms. The van der Waals surface area contributed by atoms with Crippen molar-refractivity contribution in [1.29, 1.82) is 0 Å². The minimum Gasteiger partial charge on any atom is -0.468 e. The number of alkyl carbamates (subject to hydrolysis) is 1. The molecule has 1 aromatic carbocycles. The normalized spacial score (nSPS) is 15.0. The van der Waals surface area contributed by atoms with Crippen molar-refractivity contribution in [1.82, 2.24) is 5.32 Å². The molecule has 0 saturated heterocycles. The summed E-state index contributed by atoms with van der Waals surface area (Å²) in [6.45, 7) is 11.2. The van der Waals surface area contributed by atoms with E-state index in [4.69, 9.17) is 9.47 Å². The number of halogens is 1. The van der Waals surface area contributed by atoms with Crippen molar-refractivity contribution in [2.45, 2.75) is 84.3 Å². The van der Waals surface area contributed by atoms with Crippen LogP contribution in [0.25, 0.3) is 0 Å². The van der Waals surface area contributed by atoms with Crippen molar-refractivity contribution in [2.24, 2.45) is 5.41 Å². The Morgan fingerprint density at radius 1 is 1.10 bits per heavy atom. The van der Waals surface area contributed by atoms with E-state index in [9.17, 15) is 14.7 Å². The Morgan fingerprint density at radius 2 is 1.71 bits per heavy atom. The predicted molar refractivity (Wildman–Crippen MR) is 126 cm³/mol. The molecule has 1 amide bonds. The van der Waals surface area contributed by atoms with Crippen LogP contribution >= 0.6 is 15.9 Å². The fourth-order valence-corrected chi connectivity index (χ4v) is 3.99. The zero-order valence-corrected chi connectivity index (χ0v) is 21.5. The van der Waals surface area contributed by atoms with E-state index in [1.165, 1.54) is 7.11 Å². The smallest absolute Gasteiger partial charge is 0.407 e. The molecule has 2 unspecified atom stereocenters. The van der Waals surface area contributed by atoms with E-state index in [1.54, 1.807) is 20.8 Å². The molecule has 6 nitrogen and oxygen atoms in total. The summed E-state index contributed by atoms with van der Waals surface area (Å²) in [7, 11) is 1.41. The molecule has 0 radical (unpaired) electrons. The number of carbonyl (C=O) groups excluding carboxylic acids is 2. The number of benzene rings is 1. The van der Waals surface area contributed by atoms with Gasteiger partial charge in [0.15, 0.2) is 0 Å². The predicted octanol–water partition coefficient (Wildman–Crippen LogP) is 5.35. The average Bonchev–Trinajstić information content (AvgIpc) is 2.67. The van der Waals surface area contributed by atoms with Crippen molar-refractivity contribution in [3.63, 3.8) is 0 Å². The van der Waals surface area contributed by atoms with Crippen LogP contribution in [-0.4, -0.2) is 42.5 Å². The van der Waals surface area contributed by atoms with Gasteiger partial charge in [-0.3, -0.25) is 4.79 Å². The quantitative estimate of drug-likeness (QED) is 0.334. The van der Waals surface area contributed by atoms with Gasteiger partial charge in [0.25, 0.3) is 0 Å². The maximum Gasteiger partial charge on any atom is 0.407 e. The van der Waals surface area contributed by atoms with Gasteiger partial charge in [0, 0.05) is 4.47 Å². The molecule has 2 N–H and O–H groups in total. The molecule has 0 aromatic heterocycles. The van der Waals surface area contributed by atoms with E-state index in [2.05, 4.69) is 21.2 Å². The Labute approximate surface area is 195 Å². The molecular weight excluding hydrogens is 462 g/mol. The van der Waals surface area contributed by atoms with Crippen LogP contribution < -0.4 is 5.32 Å². The van der Waals surface area contributed by atoms with Crippen LogP contribution in [-0.2, 0) is 19.7 Å². The second kappa shape index (κ2) is 11.3. The Balaban J connectivity index is 2.75. The largest absolute Gasteiger partial charge is 0.468 e. The number of esters is 1. The number of nitrogens with one attached hydrogen (secondary N) is 1. The summed E-state index contributed by atoms with van der Waals surface area (Å²) >= 11 is 3.47. The zero-order chi connectivity index (χ0) is 23.9. The number of unbranched alkanes of at least 4 members (excludes halogenated alkanes) is 1. The zero-order valence-electron chi connectivity index (χ0n) is 19.9. The standard InChI is InChI=1S/C24H38BrNO5/c1-22(2,3)31-21(29)26-19(16-27)23(4,5)13-8-9-14-24(6,20(28)30-7)17-11-10-12-18(25)15-17/h10-12,15,19,27H,8-9,13-14,16H2,1-7H3,(H,26,29). The van der Waals surface area contributed by atoms with Gasteiger partial charge in [-0.15, -0.1) is 0 Å². The lowest BCUT2D eigenvalue weighted by Crippen LogP contribution is -2.49. The molecule has 0 aliphatic heterocycles. The highest BCUT2D eigenvalue weighted by atomic mass is 79.9. The average molecular weight is 500 g/mol. The highest BCUT2D eigenvalue weighted by Crippen LogP contribution is 2.35. The highest BCUT2D eigenvalue weighted by Gasteiger charge is 2.37. The molecular formula is C24H38BrNO5. The highest BCUT2D eigenvalue weighted by molar-refractivity contribution is 9.10. The van der Waals surface area contributed by atoms with Crippen molar-refractivity contribution < 1.29 is 24.2 Å². The molecule has 0 fully saturated rings. The van der Waals surface area contributed by atoms with Crippen LogP contribution in [0.1, 0.15) is 72.8 Å². The summed E-state index contributed by atoms with van der Waals surface area (Å²) in [5, 5.41) is 12.6. The molecule has 2 atom stereocenters. The van der Waals surface area contributed by atoms with Crippen LogP contribution in [0, 0.1) is 5.41 Å². The summed E-state index contributed by atoms with van der Waals surface area (Å²) in [5.41, 5.74) is -0.775. The monoisotopic (exact) mass is 499 g/mol. The van der Waals surface area contributed by atoms with Gasteiger partial charge in [0.2, 0.25) is 0 Å². The number of methoxy groups -OCH3 is 1. The number of carbonyl (C=O) groups is 2. The lowest BCUT2D eigenvalue weighted by molar-refractivity contribution is -0.147. The number of hydrogen-bond donors (Lipinski definition) is 2. The van der Waals surface area contributed by atoms with E-state index in [-0.39, 0.29) is 18.0 Å². The lowest BCUT2D eigenvalue weighted by Gasteiger charge is -2.35. The summed E-state index contributed by atoms with van der Waals surface area (Å²) in [4.78, 5) is 24.7. The van der Waals surface area contributed by atoms with Gasteiger partial charge in [-0.05, 0) is 63.6 Å². The maximum absolute atomic E-state index is 12.6. The molecule has 1 rings (SSSR count). The van der Waals surface area contributed by atoms with Crippen molar-refractivity contribution in [3.8, 4) is 0 Å². The summed E-state index contributed by atoms with van der Waals surface area (Å²) in [6, 6.07) is 7.30.